The van der Waals surface area contributed by atoms with Crippen LogP contribution in [0.4, 0.5) is 5.69 Å². The maximum atomic E-state index is 6.01. The molecule has 1 aliphatic heterocycles. The molecule has 0 aliphatic carbocycles. The van der Waals surface area contributed by atoms with Crippen LogP contribution in [0, 0.1) is 5.92 Å². The highest BCUT2D eigenvalue weighted by atomic mass is 35.5. The predicted molar refractivity (Wildman–Crippen MR) is 79.8 cm³/mol. The molecule has 0 spiro atoms. The highest BCUT2D eigenvalue weighted by Crippen LogP contribution is 2.26. The zero-order valence-corrected chi connectivity index (χ0v) is 12.4. The average molecular weight is 287 g/mol. The smallest absolute Gasteiger partial charge is 0.0441 e. The van der Waals surface area contributed by atoms with Crippen molar-refractivity contribution in [2.75, 3.05) is 25.5 Å². The monoisotopic (exact) mass is 286 g/mol. The quantitative estimate of drug-likeness (QED) is 0.899. The van der Waals surface area contributed by atoms with Gasteiger partial charge in [-0.15, -0.1) is 0 Å². The summed E-state index contributed by atoms with van der Waals surface area (Å²) in [6.45, 7) is 4.60. The lowest BCUT2D eigenvalue weighted by atomic mass is 9.92. The summed E-state index contributed by atoms with van der Waals surface area (Å²) >= 11 is 12.0. The van der Waals surface area contributed by atoms with Gasteiger partial charge in [0.25, 0.3) is 0 Å². The van der Waals surface area contributed by atoms with Crippen molar-refractivity contribution in [3.63, 3.8) is 0 Å². The highest BCUT2D eigenvalue weighted by Gasteiger charge is 2.22. The topological polar surface area (TPSA) is 15.3 Å². The van der Waals surface area contributed by atoms with E-state index in [1.165, 1.54) is 19.4 Å². The second-order valence-corrected chi connectivity index (χ2v) is 6.13. The zero-order valence-electron chi connectivity index (χ0n) is 10.9. The Morgan fingerprint density at radius 3 is 2.56 bits per heavy atom. The molecule has 1 aromatic carbocycles. The minimum absolute atomic E-state index is 0.433. The Bertz CT molecular complexity index is 389. The third kappa shape index (κ3) is 3.78. The van der Waals surface area contributed by atoms with Crippen LogP contribution in [0.1, 0.15) is 19.8 Å². The van der Waals surface area contributed by atoms with E-state index < -0.39 is 0 Å². The molecule has 18 heavy (non-hydrogen) atoms. The predicted octanol–water partition coefficient (Wildman–Crippen LogP) is 4.14. The molecule has 0 saturated carbocycles. The minimum atomic E-state index is 0.433. The maximum absolute atomic E-state index is 6.01. The molecule has 1 N–H and O–H groups in total. The largest absolute Gasteiger partial charge is 0.382 e. The Hall–Kier alpha value is -0.440. The van der Waals surface area contributed by atoms with E-state index >= 15 is 0 Å². The Morgan fingerprint density at radius 1 is 1.28 bits per heavy atom. The molecule has 2 atom stereocenters. The second-order valence-electron chi connectivity index (χ2n) is 5.26. The zero-order chi connectivity index (χ0) is 13.1. The molecule has 1 aromatic rings. The van der Waals surface area contributed by atoms with E-state index in [2.05, 4.69) is 24.2 Å². The van der Waals surface area contributed by atoms with Crippen molar-refractivity contribution in [1.29, 1.82) is 0 Å². The van der Waals surface area contributed by atoms with Crippen molar-refractivity contribution in [2.45, 2.75) is 25.8 Å². The molecule has 1 fully saturated rings. The summed E-state index contributed by atoms with van der Waals surface area (Å²) in [5.41, 5.74) is 1.01. The standard InChI is InChI=1S/C14H20Cl2N2/c1-10(11-4-3-5-18(2)9-11)17-14-7-12(15)6-13(16)8-14/h6-8,10-11,17H,3-5,9H2,1-2H3. The van der Waals surface area contributed by atoms with Crippen molar-refractivity contribution in [1.82, 2.24) is 4.90 Å². The number of hydrogen-bond donors (Lipinski definition) is 1. The summed E-state index contributed by atoms with van der Waals surface area (Å²) in [7, 11) is 2.19. The SMILES string of the molecule is CC(Nc1cc(Cl)cc(Cl)c1)C1CCCN(C)C1. The molecule has 100 valence electrons. The van der Waals surface area contributed by atoms with Crippen LogP contribution >= 0.6 is 23.2 Å². The molecule has 1 aliphatic rings. The Kier molecular flexibility index (Phi) is 4.77. The lowest BCUT2D eigenvalue weighted by molar-refractivity contribution is 0.197. The molecule has 1 heterocycles. The first-order valence-electron chi connectivity index (χ1n) is 6.46. The molecule has 2 unspecified atom stereocenters. The van der Waals surface area contributed by atoms with Crippen LogP contribution in [0.2, 0.25) is 10.0 Å². The van der Waals surface area contributed by atoms with Gasteiger partial charge in [-0.05, 0) is 57.5 Å². The fourth-order valence-electron chi connectivity index (χ4n) is 2.63. The van der Waals surface area contributed by atoms with Crippen molar-refractivity contribution < 1.29 is 0 Å². The van der Waals surface area contributed by atoms with E-state index in [1.54, 1.807) is 6.07 Å². The second kappa shape index (κ2) is 6.14. The fraction of sp³-hybridized carbons (Fsp3) is 0.571. The van der Waals surface area contributed by atoms with Gasteiger partial charge in [-0.3, -0.25) is 0 Å². The maximum Gasteiger partial charge on any atom is 0.0441 e. The lowest BCUT2D eigenvalue weighted by Crippen LogP contribution is -2.39. The number of halogens is 2. The summed E-state index contributed by atoms with van der Waals surface area (Å²) in [6, 6.07) is 6.04. The summed E-state index contributed by atoms with van der Waals surface area (Å²) in [4.78, 5) is 2.40. The molecule has 2 nitrogen and oxygen atoms in total. The third-order valence-electron chi connectivity index (χ3n) is 3.62. The van der Waals surface area contributed by atoms with Crippen LogP contribution in [0.3, 0.4) is 0 Å². The summed E-state index contributed by atoms with van der Waals surface area (Å²) in [5, 5.41) is 4.88. The normalized spacial score (nSPS) is 22.8. The summed E-state index contributed by atoms with van der Waals surface area (Å²) in [5.74, 6) is 0.682. The number of piperidine rings is 1. The lowest BCUT2D eigenvalue weighted by Gasteiger charge is -2.34. The van der Waals surface area contributed by atoms with Crippen molar-refractivity contribution in [2.24, 2.45) is 5.92 Å². The first-order chi connectivity index (χ1) is 8.54. The molecule has 0 amide bonds. The molecule has 2 rings (SSSR count). The number of benzene rings is 1. The minimum Gasteiger partial charge on any atom is -0.382 e. The van der Waals surface area contributed by atoms with Gasteiger partial charge in [0.1, 0.15) is 0 Å². The van der Waals surface area contributed by atoms with E-state index in [-0.39, 0.29) is 0 Å². The van der Waals surface area contributed by atoms with Gasteiger partial charge in [0.05, 0.1) is 0 Å². The first kappa shape index (κ1) is 14.0. The van der Waals surface area contributed by atoms with E-state index in [4.69, 9.17) is 23.2 Å². The molecular formula is C14H20Cl2N2. The van der Waals surface area contributed by atoms with Gasteiger partial charge >= 0.3 is 0 Å². The van der Waals surface area contributed by atoms with Gasteiger partial charge in [-0.2, -0.15) is 0 Å². The van der Waals surface area contributed by atoms with Gasteiger partial charge in [0.2, 0.25) is 0 Å². The van der Waals surface area contributed by atoms with E-state index in [9.17, 15) is 0 Å². The van der Waals surface area contributed by atoms with Crippen LogP contribution in [0.25, 0.3) is 0 Å². The van der Waals surface area contributed by atoms with Gasteiger partial charge in [0, 0.05) is 28.3 Å². The average Bonchev–Trinajstić information content (AvgIpc) is 2.27. The highest BCUT2D eigenvalue weighted by molar-refractivity contribution is 6.35. The Morgan fingerprint density at radius 2 is 1.94 bits per heavy atom. The van der Waals surface area contributed by atoms with Gasteiger partial charge in [-0.25, -0.2) is 0 Å². The number of nitrogens with one attached hydrogen (secondary N) is 1. The number of hydrogen-bond acceptors (Lipinski definition) is 2. The van der Waals surface area contributed by atoms with Crippen molar-refractivity contribution in [3.8, 4) is 0 Å². The van der Waals surface area contributed by atoms with E-state index in [0.29, 0.717) is 22.0 Å². The molecule has 0 bridgehead atoms. The van der Waals surface area contributed by atoms with Crippen molar-refractivity contribution in [3.05, 3.63) is 28.2 Å². The molecular weight excluding hydrogens is 267 g/mol. The van der Waals surface area contributed by atoms with Crippen LogP contribution in [0.15, 0.2) is 18.2 Å². The molecule has 1 saturated heterocycles. The number of anilines is 1. The van der Waals surface area contributed by atoms with Crippen molar-refractivity contribution >= 4 is 28.9 Å². The Balaban J connectivity index is 1.99. The van der Waals surface area contributed by atoms with Gasteiger partial charge in [0.15, 0.2) is 0 Å². The summed E-state index contributed by atoms with van der Waals surface area (Å²) in [6.07, 6.45) is 2.57. The first-order valence-corrected chi connectivity index (χ1v) is 7.21. The van der Waals surface area contributed by atoms with Gasteiger partial charge in [-0.1, -0.05) is 23.2 Å². The van der Waals surface area contributed by atoms with Crippen LogP contribution in [-0.4, -0.2) is 31.1 Å². The Labute approximate surface area is 119 Å². The molecule has 0 radical (unpaired) electrons. The van der Waals surface area contributed by atoms with Gasteiger partial charge < -0.3 is 10.2 Å². The molecule has 4 heteroatoms. The molecule has 0 aromatic heterocycles. The van der Waals surface area contributed by atoms with Crippen LogP contribution < -0.4 is 5.32 Å². The summed E-state index contributed by atoms with van der Waals surface area (Å²) < 4.78 is 0. The van der Waals surface area contributed by atoms with Crippen LogP contribution in [-0.2, 0) is 0 Å². The fourth-order valence-corrected chi connectivity index (χ4v) is 3.16. The van der Waals surface area contributed by atoms with Crippen LogP contribution in [0.5, 0.6) is 0 Å². The number of rotatable bonds is 3. The number of likely N-dealkylation sites (tertiary alicyclic amines) is 1. The van der Waals surface area contributed by atoms with E-state index in [0.717, 1.165) is 12.2 Å². The third-order valence-corrected chi connectivity index (χ3v) is 4.06. The number of nitrogens with zero attached hydrogens (tertiary/aromatic N) is 1. The van der Waals surface area contributed by atoms with E-state index in [1.807, 2.05) is 12.1 Å².